The van der Waals surface area contributed by atoms with Gasteiger partial charge in [-0.15, -0.1) is 0 Å². The van der Waals surface area contributed by atoms with Crippen molar-refractivity contribution in [1.82, 2.24) is 14.9 Å². The van der Waals surface area contributed by atoms with Gasteiger partial charge in [0, 0.05) is 32.2 Å². The van der Waals surface area contributed by atoms with Crippen molar-refractivity contribution in [2.75, 3.05) is 45.4 Å². The van der Waals surface area contributed by atoms with Gasteiger partial charge in [0.15, 0.2) is 5.75 Å². The molecular weight excluding hydrogens is 546 g/mol. The number of hydrogen-bond acceptors (Lipinski definition) is 7. The molecule has 0 spiro atoms. The highest BCUT2D eigenvalue weighted by molar-refractivity contribution is 5.78. The number of para-hydroxylation sites is 1. The second-order valence-electron chi connectivity index (χ2n) is 8.82. The largest absolute Gasteiger partial charge is 0.496 e. The minimum atomic E-state index is -5.02. The van der Waals surface area contributed by atoms with Crippen LogP contribution in [-0.4, -0.2) is 61.4 Å². The fourth-order valence-electron chi connectivity index (χ4n) is 4.01. The Morgan fingerprint density at radius 3 is 2.23 bits per heavy atom. The summed E-state index contributed by atoms with van der Waals surface area (Å²) in [6, 6.07) is 7.95. The third-order valence-electron chi connectivity index (χ3n) is 5.97. The first-order valence-electron chi connectivity index (χ1n) is 11.9. The van der Waals surface area contributed by atoms with Crippen molar-refractivity contribution >= 4 is 12.0 Å². The summed E-state index contributed by atoms with van der Waals surface area (Å²) in [4.78, 5) is 24.5. The minimum Gasteiger partial charge on any atom is -0.496 e. The summed E-state index contributed by atoms with van der Waals surface area (Å²) in [6.45, 7) is 1.41. The molecule has 0 radical (unpaired) electrons. The van der Waals surface area contributed by atoms with Crippen LogP contribution in [0.1, 0.15) is 16.7 Å². The van der Waals surface area contributed by atoms with Crippen LogP contribution < -0.4 is 14.4 Å². The van der Waals surface area contributed by atoms with E-state index in [1.54, 1.807) is 24.3 Å². The number of benzene rings is 2. The Morgan fingerprint density at radius 1 is 1.00 bits per heavy atom. The predicted octanol–water partition coefficient (Wildman–Crippen LogP) is 5.66. The van der Waals surface area contributed by atoms with E-state index in [1.807, 2.05) is 4.90 Å². The van der Waals surface area contributed by atoms with E-state index < -0.39 is 36.1 Å². The summed E-state index contributed by atoms with van der Waals surface area (Å²) in [5.41, 5.74) is -2.67. The van der Waals surface area contributed by atoms with Crippen molar-refractivity contribution in [2.24, 2.45) is 0 Å². The maximum Gasteiger partial charge on any atom is 0.416 e. The predicted molar refractivity (Wildman–Crippen MR) is 131 cm³/mol. The van der Waals surface area contributed by atoms with Gasteiger partial charge in [0.05, 0.1) is 37.6 Å². The number of methoxy groups -OCH3 is 1. The zero-order chi connectivity index (χ0) is 29.1. The number of ether oxygens (including phenoxy) is 3. The number of hydrogen-bond donors (Lipinski definition) is 0. The third kappa shape index (κ3) is 6.73. The summed E-state index contributed by atoms with van der Waals surface area (Å²) < 4.78 is 95.8. The lowest BCUT2D eigenvalue weighted by atomic mass is 10.0. The molecule has 0 N–H and O–H groups in total. The molecule has 1 fully saturated rings. The number of anilines is 1. The van der Waals surface area contributed by atoms with E-state index in [9.17, 15) is 31.1 Å². The molecule has 4 rings (SSSR count). The number of nitrogens with zero attached hydrogens (tertiary/aromatic N) is 4. The standard InChI is InChI=1S/C26H24F6N4O4/c1-35(15-16-11-17(25(27,28)29)13-18(12-16)26(30,31)32)24(37)40-21-14-33-23(36-7-9-39-10-8-36)34-22(21)19-5-3-4-6-20(19)38-2/h3-6,11-14H,7-10,15H2,1-2H3. The lowest BCUT2D eigenvalue weighted by Crippen LogP contribution is -2.37. The van der Waals surface area contributed by atoms with Crippen molar-refractivity contribution < 1.29 is 45.3 Å². The number of carbonyl (C=O) groups is 1. The van der Waals surface area contributed by atoms with Gasteiger partial charge in [-0.1, -0.05) is 12.1 Å². The molecule has 40 heavy (non-hydrogen) atoms. The molecule has 214 valence electrons. The first-order chi connectivity index (χ1) is 18.9. The van der Waals surface area contributed by atoms with Gasteiger partial charge in [0.1, 0.15) is 11.4 Å². The van der Waals surface area contributed by atoms with E-state index in [1.165, 1.54) is 20.4 Å². The molecule has 0 saturated carbocycles. The summed E-state index contributed by atoms with van der Waals surface area (Å²) >= 11 is 0. The molecular formula is C26H24F6N4O4. The fourth-order valence-corrected chi connectivity index (χ4v) is 4.01. The van der Waals surface area contributed by atoms with E-state index in [-0.39, 0.29) is 23.1 Å². The highest BCUT2D eigenvalue weighted by Crippen LogP contribution is 2.38. The molecule has 2 heterocycles. The number of alkyl halides is 6. The van der Waals surface area contributed by atoms with Gasteiger partial charge in [-0.25, -0.2) is 14.8 Å². The summed E-state index contributed by atoms with van der Waals surface area (Å²) in [5, 5.41) is 0. The van der Waals surface area contributed by atoms with Crippen molar-refractivity contribution in [3.05, 3.63) is 65.4 Å². The van der Waals surface area contributed by atoms with E-state index in [2.05, 4.69) is 9.97 Å². The molecule has 1 aliphatic rings. The average molecular weight is 570 g/mol. The van der Waals surface area contributed by atoms with E-state index in [0.717, 1.165) is 4.90 Å². The maximum absolute atomic E-state index is 13.2. The van der Waals surface area contributed by atoms with Crippen LogP contribution >= 0.6 is 0 Å². The molecule has 0 unspecified atom stereocenters. The van der Waals surface area contributed by atoms with Crippen LogP contribution in [0.25, 0.3) is 11.3 Å². The number of aromatic nitrogens is 2. The molecule has 1 aliphatic heterocycles. The van der Waals surface area contributed by atoms with Gasteiger partial charge in [-0.05, 0) is 35.9 Å². The van der Waals surface area contributed by atoms with Crippen LogP contribution in [-0.2, 0) is 23.6 Å². The molecule has 1 saturated heterocycles. The van der Waals surface area contributed by atoms with Crippen LogP contribution in [0, 0.1) is 0 Å². The van der Waals surface area contributed by atoms with Crippen LogP contribution in [0.2, 0.25) is 0 Å². The summed E-state index contributed by atoms with van der Waals surface area (Å²) in [5.74, 6) is 0.683. The number of rotatable bonds is 6. The molecule has 3 aromatic rings. The van der Waals surface area contributed by atoms with Crippen molar-refractivity contribution in [2.45, 2.75) is 18.9 Å². The Kier molecular flexibility index (Phi) is 8.37. The minimum absolute atomic E-state index is 0.0225. The molecule has 1 aromatic heterocycles. The molecule has 1 amide bonds. The van der Waals surface area contributed by atoms with Crippen LogP contribution in [0.15, 0.2) is 48.7 Å². The maximum atomic E-state index is 13.2. The molecule has 0 bridgehead atoms. The van der Waals surface area contributed by atoms with Crippen LogP contribution in [0.3, 0.4) is 0 Å². The quantitative estimate of drug-likeness (QED) is 0.354. The Morgan fingerprint density at radius 2 is 1.62 bits per heavy atom. The normalized spacial score (nSPS) is 14.2. The summed E-state index contributed by atoms with van der Waals surface area (Å²) in [7, 11) is 2.63. The molecule has 8 nitrogen and oxygen atoms in total. The average Bonchev–Trinajstić information content (AvgIpc) is 2.92. The lowest BCUT2D eigenvalue weighted by Gasteiger charge is -2.27. The Hall–Kier alpha value is -4.07. The first kappa shape index (κ1) is 28.9. The zero-order valence-corrected chi connectivity index (χ0v) is 21.3. The summed E-state index contributed by atoms with van der Waals surface area (Å²) in [6.07, 6.45) is -9.81. The number of halogens is 6. The Balaban J connectivity index is 1.63. The lowest BCUT2D eigenvalue weighted by molar-refractivity contribution is -0.143. The molecule has 2 aromatic carbocycles. The van der Waals surface area contributed by atoms with Gasteiger partial charge >= 0.3 is 18.4 Å². The third-order valence-corrected chi connectivity index (χ3v) is 5.97. The highest BCUT2D eigenvalue weighted by atomic mass is 19.4. The van der Waals surface area contributed by atoms with Crippen molar-refractivity contribution in [3.8, 4) is 22.8 Å². The highest BCUT2D eigenvalue weighted by Gasteiger charge is 2.37. The van der Waals surface area contributed by atoms with Crippen LogP contribution in [0.4, 0.5) is 37.1 Å². The number of morpholine rings is 1. The van der Waals surface area contributed by atoms with Gasteiger partial charge in [0.25, 0.3) is 0 Å². The van der Waals surface area contributed by atoms with Crippen LogP contribution in [0.5, 0.6) is 11.5 Å². The molecule has 0 aliphatic carbocycles. The Labute approximate surface area is 225 Å². The van der Waals surface area contributed by atoms with E-state index in [0.29, 0.717) is 55.7 Å². The van der Waals surface area contributed by atoms with Gasteiger partial charge < -0.3 is 24.0 Å². The number of amides is 1. The second-order valence-corrected chi connectivity index (χ2v) is 8.82. The molecule has 14 heteroatoms. The van der Waals surface area contributed by atoms with Gasteiger partial charge in [-0.2, -0.15) is 26.3 Å². The first-order valence-corrected chi connectivity index (χ1v) is 11.9. The van der Waals surface area contributed by atoms with E-state index in [4.69, 9.17) is 14.2 Å². The molecule has 0 atom stereocenters. The SMILES string of the molecule is COc1ccccc1-c1nc(N2CCOCC2)ncc1OC(=O)N(C)Cc1cc(C(F)(F)F)cc(C(F)(F)F)c1. The topological polar surface area (TPSA) is 77.0 Å². The Bertz CT molecular complexity index is 1330. The van der Waals surface area contributed by atoms with Gasteiger partial charge in [0.2, 0.25) is 5.95 Å². The van der Waals surface area contributed by atoms with E-state index >= 15 is 0 Å². The second kappa shape index (κ2) is 11.6. The van der Waals surface area contributed by atoms with Crippen molar-refractivity contribution in [3.63, 3.8) is 0 Å². The fraction of sp³-hybridized carbons (Fsp3) is 0.346. The zero-order valence-electron chi connectivity index (χ0n) is 21.3. The van der Waals surface area contributed by atoms with Gasteiger partial charge in [-0.3, -0.25) is 0 Å². The van der Waals surface area contributed by atoms with Crippen molar-refractivity contribution in [1.29, 1.82) is 0 Å². The number of carbonyl (C=O) groups excluding carboxylic acids is 1. The smallest absolute Gasteiger partial charge is 0.416 e. The monoisotopic (exact) mass is 570 g/mol.